The SMILES string of the molecule is O=C(COc1cc(C2=NOC3(CCOC3)C2)ccc1OCC(F)(F)F)NCc1ccccc1. The lowest BCUT2D eigenvalue weighted by Gasteiger charge is -2.17. The molecule has 2 aromatic rings. The molecular weight excluding hydrogens is 441 g/mol. The first-order valence-corrected chi connectivity index (χ1v) is 10.4. The fourth-order valence-corrected chi connectivity index (χ4v) is 3.55. The summed E-state index contributed by atoms with van der Waals surface area (Å²) in [6, 6.07) is 13.8. The number of halogens is 3. The second kappa shape index (κ2) is 9.70. The van der Waals surface area contributed by atoms with Gasteiger partial charge in [0.25, 0.3) is 5.91 Å². The van der Waals surface area contributed by atoms with Gasteiger partial charge in [0.05, 0.1) is 18.9 Å². The molecule has 176 valence electrons. The van der Waals surface area contributed by atoms with Crippen LogP contribution >= 0.6 is 0 Å². The van der Waals surface area contributed by atoms with Gasteiger partial charge in [-0.1, -0.05) is 35.5 Å². The van der Waals surface area contributed by atoms with Crippen LogP contribution in [0.25, 0.3) is 0 Å². The van der Waals surface area contributed by atoms with Crippen molar-refractivity contribution in [2.75, 3.05) is 26.4 Å². The minimum Gasteiger partial charge on any atom is -0.480 e. The average Bonchev–Trinajstić information content (AvgIpc) is 3.45. The van der Waals surface area contributed by atoms with Crippen LogP contribution in [-0.2, 0) is 20.9 Å². The second-order valence-electron chi connectivity index (χ2n) is 7.91. The molecule has 1 amide bonds. The molecule has 2 aliphatic heterocycles. The third-order valence-corrected chi connectivity index (χ3v) is 5.27. The Balaban J connectivity index is 1.43. The molecule has 1 atom stereocenters. The summed E-state index contributed by atoms with van der Waals surface area (Å²) in [6.07, 6.45) is -3.30. The Hall–Kier alpha value is -3.27. The Kier molecular flexibility index (Phi) is 6.73. The maximum absolute atomic E-state index is 12.7. The van der Waals surface area contributed by atoms with Crippen molar-refractivity contribution >= 4 is 11.6 Å². The fraction of sp³-hybridized carbons (Fsp3) is 0.391. The van der Waals surface area contributed by atoms with E-state index >= 15 is 0 Å². The van der Waals surface area contributed by atoms with E-state index in [0.29, 0.717) is 43.9 Å². The zero-order chi connectivity index (χ0) is 23.3. The van der Waals surface area contributed by atoms with E-state index in [2.05, 4.69) is 10.5 Å². The molecule has 1 N–H and O–H groups in total. The Morgan fingerprint density at radius 1 is 1.12 bits per heavy atom. The number of hydrogen-bond donors (Lipinski definition) is 1. The molecule has 0 radical (unpaired) electrons. The van der Waals surface area contributed by atoms with Gasteiger partial charge >= 0.3 is 6.18 Å². The number of nitrogens with zero attached hydrogens (tertiary/aromatic N) is 1. The maximum atomic E-state index is 12.7. The first kappa shape index (κ1) is 22.9. The van der Waals surface area contributed by atoms with Crippen molar-refractivity contribution < 1.29 is 37.0 Å². The van der Waals surface area contributed by atoms with Crippen LogP contribution < -0.4 is 14.8 Å². The Labute approximate surface area is 188 Å². The van der Waals surface area contributed by atoms with E-state index in [-0.39, 0.29) is 18.1 Å². The highest BCUT2D eigenvalue weighted by molar-refractivity contribution is 6.02. The summed E-state index contributed by atoms with van der Waals surface area (Å²) in [5.41, 5.74) is 1.64. The molecule has 1 saturated heterocycles. The molecular formula is C23H23F3N2O5. The Bertz CT molecular complexity index is 1000. The van der Waals surface area contributed by atoms with Crippen LogP contribution in [0.2, 0.25) is 0 Å². The lowest BCUT2D eigenvalue weighted by atomic mass is 9.93. The largest absolute Gasteiger partial charge is 0.480 e. The summed E-state index contributed by atoms with van der Waals surface area (Å²) in [5.74, 6) is -0.530. The minimum absolute atomic E-state index is 0.0120. The molecule has 1 unspecified atom stereocenters. The van der Waals surface area contributed by atoms with Crippen molar-refractivity contribution in [3.05, 3.63) is 59.7 Å². The second-order valence-corrected chi connectivity index (χ2v) is 7.91. The Morgan fingerprint density at radius 3 is 2.67 bits per heavy atom. The standard InChI is InChI=1S/C23H23F3N2O5/c24-23(25,26)15-32-19-7-6-17(18-11-22(33-28-18)8-9-30-14-22)10-20(19)31-13-21(29)27-12-16-4-2-1-3-5-16/h1-7,10H,8-9,11-15H2,(H,27,29). The van der Waals surface area contributed by atoms with Gasteiger partial charge in [0, 0.05) is 24.9 Å². The first-order valence-electron chi connectivity index (χ1n) is 10.4. The van der Waals surface area contributed by atoms with Gasteiger partial charge in [0.2, 0.25) is 0 Å². The van der Waals surface area contributed by atoms with Crippen molar-refractivity contribution in [1.82, 2.24) is 5.32 Å². The number of oxime groups is 1. The summed E-state index contributed by atoms with van der Waals surface area (Å²) >= 11 is 0. The number of benzene rings is 2. The first-order chi connectivity index (χ1) is 15.8. The van der Waals surface area contributed by atoms with Crippen LogP contribution in [0.1, 0.15) is 24.0 Å². The third kappa shape index (κ3) is 6.16. The molecule has 10 heteroatoms. The summed E-state index contributed by atoms with van der Waals surface area (Å²) in [7, 11) is 0. The number of nitrogens with one attached hydrogen (secondary N) is 1. The number of carbonyl (C=O) groups excluding carboxylic acids is 1. The topological polar surface area (TPSA) is 78.4 Å². The number of alkyl halides is 3. The van der Waals surface area contributed by atoms with E-state index in [9.17, 15) is 18.0 Å². The lowest BCUT2D eigenvalue weighted by Crippen LogP contribution is -2.29. The van der Waals surface area contributed by atoms with E-state index in [1.165, 1.54) is 12.1 Å². The predicted octanol–water partition coefficient (Wildman–Crippen LogP) is 3.61. The number of carbonyl (C=O) groups is 1. The third-order valence-electron chi connectivity index (χ3n) is 5.27. The van der Waals surface area contributed by atoms with Crippen LogP contribution in [0.5, 0.6) is 11.5 Å². The molecule has 2 heterocycles. The zero-order valence-electron chi connectivity index (χ0n) is 17.7. The van der Waals surface area contributed by atoms with Crippen LogP contribution in [0.3, 0.4) is 0 Å². The van der Waals surface area contributed by atoms with Gasteiger partial charge in [0.15, 0.2) is 30.3 Å². The molecule has 0 bridgehead atoms. The molecule has 0 aromatic heterocycles. The van der Waals surface area contributed by atoms with Crippen molar-refractivity contribution in [3.8, 4) is 11.5 Å². The summed E-state index contributed by atoms with van der Waals surface area (Å²) in [4.78, 5) is 17.8. The van der Waals surface area contributed by atoms with Gasteiger partial charge in [-0.2, -0.15) is 13.2 Å². The van der Waals surface area contributed by atoms with Crippen LogP contribution in [0.15, 0.2) is 53.7 Å². The molecule has 33 heavy (non-hydrogen) atoms. The molecule has 4 rings (SSSR count). The predicted molar refractivity (Wildman–Crippen MR) is 112 cm³/mol. The van der Waals surface area contributed by atoms with Gasteiger partial charge < -0.3 is 24.4 Å². The highest BCUT2D eigenvalue weighted by Gasteiger charge is 2.43. The highest BCUT2D eigenvalue weighted by Crippen LogP contribution is 2.36. The molecule has 1 fully saturated rings. The van der Waals surface area contributed by atoms with E-state index in [4.69, 9.17) is 19.0 Å². The zero-order valence-corrected chi connectivity index (χ0v) is 17.7. The minimum atomic E-state index is -4.51. The molecule has 2 aliphatic rings. The number of rotatable bonds is 8. The van der Waals surface area contributed by atoms with Gasteiger partial charge in [-0.05, 0) is 23.8 Å². The normalized spacial score (nSPS) is 19.8. The van der Waals surface area contributed by atoms with Gasteiger partial charge in [0.1, 0.15) is 0 Å². The molecule has 0 saturated carbocycles. The average molecular weight is 464 g/mol. The van der Waals surface area contributed by atoms with Crippen LogP contribution in [-0.4, -0.2) is 49.8 Å². The highest BCUT2D eigenvalue weighted by atomic mass is 19.4. The van der Waals surface area contributed by atoms with Crippen molar-refractivity contribution in [1.29, 1.82) is 0 Å². The smallest absolute Gasteiger partial charge is 0.422 e. The summed E-state index contributed by atoms with van der Waals surface area (Å²) < 4.78 is 53.8. The van der Waals surface area contributed by atoms with E-state index in [1.54, 1.807) is 6.07 Å². The quantitative estimate of drug-likeness (QED) is 0.646. The van der Waals surface area contributed by atoms with Crippen molar-refractivity contribution in [2.45, 2.75) is 31.2 Å². The van der Waals surface area contributed by atoms with Gasteiger partial charge in [-0.15, -0.1) is 0 Å². The molecule has 2 aromatic carbocycles. The maximum Gasteiger partial charge on any atom is 0.422 e. The van der Waals surface area contributed by atoms with Crippen molar-refractivity contribution in [2.24, 2.45) is 5.16 Å². The molecule has 0 aliphatic carbocycles. The van der Waals surface area contributed by atoms with Gasteiger partial charge in [-0.3, -0.25) is 4.79 Å². The van der Waals surface area contributed by atoms with Crippen LogP contribution in [0, 0.1) is 0 Å². The van der Waals surface area contributed by atoms with Crippen LogP contribution in [0.4, 0.5) is 13.2 Å². The van der Waals surface area contributed by atoms with Gasteiger partial charge in [-0.25, -0.2) is 0 Å². The summed E-state index contributed by atoms with van der Waals surface area (Å²) in [6.45, 7) is -0.553. The van der Waals surface area contributed by atoms with E-state index in [1.807, 2.05) is 30.3 Å². The van der Waals surface area contributed by atoms with Crippen molar-refractivity contribution in [3.63, 3.8) is 0 Å². The fourth-order valence-electron chi connectivity index (χ4n) is 3.55. The number of ether oxygens (including phenoxy) is 3. The molecule has 7 nitrogen and oxygen atoms in total. The molecule has 1 spiro atoms. The van der Waals surface area contributed by atoms with E-state index in [0.717, 1.165) is 5.56 Å². The monoisotopic (exact) mass is 464 g/mol. The number of hydrogen-bond acceptors (Lipinski definition) is 6. The Morgan fingerprint density at radius 2 is 1.94 bits per heavy atom. The van der Waals surface area contributed by atoms with E-state index < -0.39 is 24.3 Å². The lowest BCUT2D eigenvalue weighted by molar-refractivity contribution is -0.153. The summed E-state index contributed by atoms with van der Waals surface area (Å²) in [5, 5.41) is 6.84. The number of amides is 1.